The molecule has 0 spiro atoms. The monoisotopic (exact) mass is 540 g/mol. The van der Waals surface area contributed by atoms with E-state index >= 15 is 0 Å². The molecular weight excluding hydrogens is 508 g/mol. The van der Waals surface area contributed by atoms with Crippen LogP contribution in [0.3, 0.4) is 0 Å². The van der Waals surface area contributed by atoms with Crippen LogP contribution in [0, 0.1) is 0 Å². The first-order chi connectivity index (χ1) is 19.4. The zero-order valence-corrected chi connectivity index (χ0v) is 22.4. The van der Waals surface area contributed by atoms with Crippen molar-refractivity contribution in [2.24, 2.45) is 0 Å². The van der Waals surface area contributed by atoms with Crippen LogP contribution in [0.5, 0.6) is 17.2 Å². The lowest BCUT2D eigenvalue weighted by Crippen LogP contribution is -2.49. The highest BCUT2D eigenvalue weighted by Crippen LogP contribution is 2.56. The van der Waals surface area contributed by atoms with Gasteiger partial charge in [-0.1, -0.05) is 66.7 Å². The summed E-state index contributed by atoms with van der Waals surface area (Å²) in [5.74, 6) is -0.876. The summed E-state index contributed by atoms with van der Waals surface area (Å²) in [6.45, 7) is 0. The van der Waals surface area contributed by atoms with E-state index in [4.69, 9.17) is 18.9 Å². The molecule has 0 aliphatic carbocycles. The standard InChI is InChI=1S/C33H32O7/c1-37-29(35)14-8-13-24-17-23-20-33(39-24,16-15-21-9-4-2-5-10-21)40-28-19-27-31(32(36)30(23)28)25(34)18-26(38-27)22-11-6-3-7-12-22/h2-7,9-12,15-16,19,23-24,26,36H,8,13-14,17-18,20H2,1H3/b16-15+/t23-,24+,26?,33-/m0/s1. The Morgan fingerprint density at radius 2 is 1.85 bits per heavy atom. The molecule has 2 bridgehead atoms. The van der Waals surface area contributed by atoms with Crippen molar-refractivity contribution in [3.05, 3.63) is 95.1 Å². The van der Waals surface area contributed by atoms with Crippen molar-refractivity contribution in [2.45, 2.75) is 62.4 Å². The first-order valence-electron chi connectivity index (χ1n) is 13.8. The fourth-order valence-corrected chi connectivity index (χ4v) is 6.07. The first-order valence-corrected chi connectivity index (χ1v) is 13.8. The van der Waals surface area contributed by atoms with Gasteiger partial charge in [0, 0.05) is 30.4 Å². The van der Waals surface area contributed by atoms with Crippen LogP contribution < -0.4 is 9.47 Å². The molecule has 0 saturated carbocycles. The number of hydrogen-bond donors (Lipinski definition) is 1. The minimum absolute atomic E-state index is 0.0649. The highest BCUT2D eigenvalue weighted by atomic mass is 16.7. The molecule has 3 aliphatic heterocycles. The number of carbonyl (C=O) groups is 2. The number of rotatable bonds is 7. The number of ketones is 1. The fourth-order valence-electron chi connectivity index (χ4n) is 6.07. The van der Waals surface area contributed by atoms with E-state index in [1.807, 2.05) is 72.8 Å². The SMILES string of the molecule is COC(=O)CCC[C@@H]1C[C@H]2C[C@](/C=C/c3ccccc3)(Oc3cc4c(c(O)c32)C(=O)CC(c2ccccc2)O4)O1. The van der Waals surface area contributed by atoms with Crippen LogP contribution in [0.1, 0.15) is 77.6 Å². The number of ether oxygens (including phenoxy) is 4. The van der Waals surface area contributed by atoms with Gasteiger partial charge in [0.1, 0.15) is 28.9 Å². The van der Waals surface area contributed by atoms with Gasteiger partial charge < -0.3 is 24.1 Å². The van der Waals surface area contributed by atoms with Gasteiger partial charge in [-0.15, -0.1) is 0 Å². The molecule has 4 atom stereocenters. The lowest BCUT2D eigenvalue weighted by molar-refractivity contribution is -0.220. The van der Waals surface area contributed by atoms with Gasteiger partial charge in [0.05, 0.1) is 19.6 Å². The Hall–Kier alpha value is -4.10. The normalized spacial score (nSPS) is 24.9. The third-order valence-electron chi connectivity index (χ3n) is 7.96. The molecule has 1 unspecified atom stereocenters. The van der Waals surface area contributed by atoms with E-state index < -0.39 is 11.9 Å². The van der Waals surface area contributed by atoms with Gasteiger partial charge in [-0.05, 0) is 36.5 Å². The van der Waals surface area contributed by atoms with E-state index in [0.717, 1.165) is 11.1 Å². The molecule has 7 nitrogen and oxygen atoms in total. The lowest BCUT2D eigenvalue weighted by Gasteiger charge is -2.47. The molecule has 1 N–H and O–H groups in total. The average molecular weight is 541 g/mol. The Kier molecular flexibility index (Phi) is 7.07. The van der Waals surface area contributed by atoms with E-state index in [-0.39, 0.29) is 41.5 Å². The third-order valence-corrected chi connectivity index (χ3v) is 7.96. The van der Waals surface area contributed by atoms with Gasteiger partial charge in [0.2, 0.25) is 5.79 Å². The lowest BCUT2D eigenvalue weighted by atomic mass is 9.78. The summed E-state index contributed by atoms with van der Waals surface area (Å²) >= 11 is 0. The number of hydrogen-bond acceptors (Lipinski definition) is 7. The maximum absolute atomic E-state index is 13.3. The molecule has 3 heterocycles. The van der Waals surface area contributed by atoms with Gasteiger partial charge >= 0.3 is 5.97 Å². The van der Waals surface area contributed by atoms with Gasteiger partial charge in [0.25, 0.3) is 0 Å². The number of benzene rings is 3. The molecule has 40 heavy (non-hydrogen) atoms. The predicted octanol–water partition coefficient (Wildman–Crippen LogP) is 6.51. The number of fused-ring (bicyclic) bond motifs is 5. The molecule has 6 rings (SSSR count). The van der Waals surface area contributed by atoms with E-state index in [2.05, 4.69) is 0 Å². The maximum atomic E-state index is 13.3. The van der Waals surface area contributed by atoms with Crippen LogP contribution in [0.15, 0.2) is 72.8 Å². The number of phenols is 1. The molecule has 206 valence electrons. The van der Waals surface area contributed by atoms with Crippen molar-refractivity contribution in [2.75, 3.05) is 7.11 Å². The van der Waals surface area contributed by atoms with Gasteiger partial charge in [-0.25, -0.2) is 0 Å². The zero-order valence-electron chi connectivity index (χ0n) is 22.4. The number of phenolic OH excluding ortho intramolecular Hbond substituents is 1. The summed E-state index contributed by atoms with van der Waals surface area (Å²) in [6.07, 6.45) is 6.08. The summed E-state index contributed by atoms with van der Waals surface area (Å²) in [4.78, 5) is 25.0. The highest BCUT2D eigenvalue weighted by molar-refractivity contribution is 6.03. The molecule has 1 saturated heterocycles. The van der Waals surface area contributed by atoms with Crippen LogP contribution in [-0.4, -0.2) is 35.9 Å². The van der Waals surface area contributed by atoms with Crippen molar-refractivity contribution in [1.82, 2.24) is 0 Å². The second-order valence-corrected chi connectivity index (χ2v) is 10.7. The van der Waals surface area contributed by atoms with Crippen LogP contribution in [-0.2, 0) is 14.3 Å². The summed E-state index contributed by atoms with van der Waals surface area (Å²) in [6, 6.07) is 21.2. The number of aromatic hydroxyl groups is 1. The van der Waals surface area contributed by atoms with Crippen molar-refractivity contribution in [3.8, 4) is 17.2 Å². The van der Waals surface area contributed by atoms with Gasteiger partial charge in [0.15, 0.2) is 5.78 Å². The van der Waals surface area contributed by atoms with E-state index in [1.165, 1.54) is 7.11 Å². The smallest absolute Gasteiger partial charge is 0.305 e. The molecule has 3 aromatic carbocycles. The summed E-state index contributed by atoms with van der Waals surface area (Å²) < 4.78 is 24.2. The molecular formula is C33H32O7. The van der Waals surface area contributed by atoms with Crippen LogP contribution in [0.4, 0.5) is 0 Å². The topological polar surface area (TPSA) is 91.3 Å². The molecule has 0 radical (unpaired) electrons. The van der Waals surface area contributed by atoms with E-state index in [0.29, 0.717) is 49.2 Å². The van der Waals surface area contributed by atoms with Crippen molar-refractivity contribution >= 4 is 17.8 Å². The second kappa shape index (κ2) is 10.8. The molecule has 3 aromatic rings. The average Bonchev–Trinajstić information content (AvgIpc) is 2.96. The molecule has 1 fully saturated rings. The quantitative estimate of drug-likeness (QED) is 0.342. The number of carbonyl (C=O) groups excluding carboxylic acids is 2. The van der Waals surface area contributed by atoms with Gasteiger partial charge in [-0.3, -0.25) is 9.59 Å². The van der Waals surface area contributed by atoms with E-state index in [9.17, 15) is 14.7 Å². The zero-order chi connectivity index (χ0) is 27.7. The molecule has 3 aliphatic rings. The summed E-state index contributed by atoms with van der Waals surface area (Å²) in [7, 11) is 1.38. The second-order valence-electron chi connectivity index (χ2n) is 10.7. The summed E-state index contributed by atoms with van der Waals surface area (Å²) in [5.41, 5.74) is 2.75. The van der Waals surface area contributed by atoms with Crippen molar-refractivity contribution < 1.29 is 33.6 Å². The Bertz CT molecular complexity index is 1430. The fraction of sp³-hybridized carbons (Fsp3) is 0.333. The van der Waals surface area contributed by atoms with E-state index in [1.54, 1.807) is 6.07 Å². The molecule has 0 amide bonds. The highest BCUT2D eigenvalue weighted by Gasteiger charge is 2.49. The number of esters is 1. The Balaban J connectivity index is 1.35. The van der Waals surface area contributed by atoms with Crippen LogP contribution in [0.2, 0.25) is 0 Å². The third kappa shape index (κ3) is 5.09. The Morgan fingerprint density at radius 1 is 1.10 bits per heavy atom. The minimum Gasteiger partial charge on any atom is -0.507 e. The summed E-state index contributed by atoms with van der Waals surface area (Å²) in [5, 5.41) is 11.5. The predicted molar refractivity (Wildman–Crippen MR) is 148 cm³/mol. The van der Waals surface area contributed by atoms with Crippen LogP contribution >= 0.6 is 0 Å². The Morgan fingerprint density at radius 3 is 2.60 bits per heavy atom. The first kappa shape index (κ1) is 26.1. The number of methoxy groups -OCH3 is 1. The molecule has 7 heteroatoms. The number of Topliss-reactive ketones (excluding diaryl/α,β-unsaturated/α-hetero) is 1. The van der Waals surface area contributed by atoms with Crippen molar-refractivity contribution in [1.29, 1.82) is 0 Å². The largest absolute Gasteiger partial charge is 0.507 e. The maximum Gasteiger partial charge on any atom is 0.305 e. The molecule has 0 aromatic heterocycles. The Labute approximate surface area is 233 Å². The van der Waals surface area contributed by atoms with Crippen LogP contribution in [0.25, 0.3) is 6.08 Å². The van der Waals surface area contributed by atoms with Gasteiger partial charge in [-0.2, -0.15) is 0 Å². The van der Waals surface area contributed by atoms with Crippen molar-refractivity contribution in [3.63, 3.8) is 0 Å². The minimum atomic E-state index is -1.07.